The van der Waals surface area contributed by atoms with Gasteiger partial charge < -0.3 is 13.3 Å². The largest absolute Gasteiger partial charge is 0.504 e. The molecule has 0 spiro atoms. The van der Waals surface area contributed by atoms with Crippen molar-refractivity contribution in [2.75, 3.05) is 14.2 Å². The van der Waals surface area contributed by atoms with Crippen LogP contribution in [0.1, 0.15) is 39.5 Å². The minimum Gasteiger partial charge on any atom is -0.377 e. The average molecular weight is 258 g/mol. The van der Waals surface area contributed by atoms with Gasteiger partial charge in [0.1, 0.15) is 0 Å². The molecule has 1 rings (SSSR count). The zero-order valence-corrected chi connectivity index (χ0v) is 12.6. The summed E-state index contributed by atoms with van der Waals surface area (Å²) in [6, 6.07) is 0. The Morgan fingerprint density at radius 1 is 1.24 bits per heavy atom. The van der Waals surface area contributed by atoms with Gasteiger partial charge in [0, 0.05) is 19.8 Å². The second kappa shape index (κ2) is 6.68. The van der Waals surface area contributed by atoms with Gasteiger partial charge >= 0.3 is 8.80 Å². The van der Waals surface area contributed by atoms with Gasteiger partial charge in [-0.3, -0.25) is 0 Å². The van der Waals surface area contributed by atoms with Crippen LogP contribution in [0.25, 0.3) is 0 Å². The Morgan fingerprint density at radius 2 is 1.82 bits per heavy atom. The van der Waals surface area contributed by atoms with Gasteiger partial charge in [0.05, 0.1) is 6.10 Å². The van der Waals surface area contributed by atoms with E-state index in [0.29, 0.717) is 11.5 Å². The lowest BCUT2D eigenvalue weighted by Crippen LogP contribution is -2.52. The molecule has 1 aliphatic rings. The number of hydrogen-bond donors (Lipinski definition) is 0. The molecule has 0 heterocycles. The highest BCUT2D eigenvalue weighted by molar-refractivity contribution is 6.62. The minimum atomic E-state index is -2.56. The highest BCUT2D eigenvalue weighted by Gasteiger charge is 2.51. The first-order valence-corrected chi connectivity index (χ1v) is 8.30. The first-order chi connectivity index (χ1) is 8.09. The van der Waals surface area contributed by atoms with Crippen LogP contribution < -0.4 is 0 Å². The fourth-order valence-electron chi connectivity index (χ4n) is 2.72. The molecule has 0 bridgehead atoms. The van der Waals surface area contributed by atoms with Crippen molar-refractivity contribution in [3.8, 4) is 0 Å². The van der Waals surface area contributed by atoms with Crippen molar-refractivity contribution < 1.29 is 13.3 Å². The molecule has 17 heavy (non-hydrogen) atoms. The van der Waals surface area contributed by atoms with Gasteiger partial charge in [0.25, 0.3) is 0 Å². The third-order valence-electron chi connectivity index (χ3n) is 3.82. The molecule has 0 amide bonds. The van der Waals surface area contributed by atoms with Crippen molar-refractivity contribution in [1.29, 1.82) is 0 Å². The molecule has 3 atom stereocenters. The highest BCUT2D eigenvalue weighted by atomic mass is 28.4. The van der Waals surface area contributed by atoms with Gasteiger partial charge in [-0.1, -0.05) is 32.3 Å². The molecule has 4 heteroatoms. The summed E-state index contributed by atoms with van der Waals surface area (Å²) in [7, 11) is 0.869. The average Bonchev–Trinajstić information content (AvgIpc) is 2.36. The summed E-state index contributed by atoms with van der Waals surface area (Å²) in [4.78, 5) is 0. The van der Waals surface area contributed by atoms with Gasteiger partial charge in [-0.15, -0.1) is 6.58 Å². The predicted molar refractivity (Wildman–Crippen MR) is 71.9 cm³/mol. The molecule has 0 aromatic rings. The molecule has 100 valence electrons. The van der Waals surface area contributed by atoms with E-state index in [4.69, 9.17) is 13.3 Å². The van der Waals surface area contributed by atoms with Crippen LogP contribution >= 0.6 is 0 Å². The van der Waals surface area contributed by atoms with Crippen LogP contribution in [0.2, 0.25) is 5.54 Å². The molecule has 0 radical (unpaired) electrons. The smallest absolute Gasteiger partial charge is 0.377 e. The summed E-state index contributed by atoms with van der Waals surface area (Å²) < 4.78 is 17.5. The Morgan fingerprint density at radius 3 is 2.29 bits per heavy atom. The fourth-order valence-corrected chi connectivity index (χ4v) is 5.89. The van der Waals surface area contributed by atoms with Crippen LogP contribution in [0, 0.1) is 5.92 Å². The monoisotopic (exact) mass is 258 g/mol. The zero-order valence-electron chi connectivity index (χ0n) is 11.6. The first kappa shape index (κ1) is 14.9. The maximum atomic E-state index is 6.07. The summed E-state index contributed by atoms with van der Waals surface area (Å²) in [5, 5.41) is 0. The Bertz CT molecular complexity index is 241. The molecule has 1 saturated carbocycles. The highest BCUT2D eigenvalue weighted by Crippen LogP contribution is 2.42. The molecule has 3 nitrogen and oxygen atoms in total. The van der Waals surface area contributed by atoms with E-state index >= 15 is 0 Å². The molecule has 0 aliphatic heterocycles. The van der Waals surface area contributed by atoms with Crippen molar-refractivity contribution in [3.05, 3.63) is 12.7 Å². The Hall–Kier alpha value is -0.163. The summed E-state index contributed by atoms with van der Waals surface area (Å²) >= 11 is 0. The van der Waals surface area contributed by atoms with Crippen molar-refractivity contribution in [2.24, 2.45) is 5.92 Å². The Kier molecular flexibility index (Phi) is 5.86. The number of hydrogen-bond acceptors (Lipinski definition) is 3. The van der Waals surface area contributed by atoms with E-state index in [0.717, 1.165) is 6.42 Å². The summed E-state index contributed by atoms with van der Waals surface area (Å²) in [6.07, 6.45) is 6.75. The maximum Gasteiger partial charge on any atom is 0.504 e. The van der Waals surface area contributed by atoms with Gasteiger partial charge in [0.2, 0.25) is 0 Å². The quantitative estimate of drug-likeness (QED) is 0.540. The zero-order chi connectivity index (χ0) is 12.9. The summed E-state index contributed by atoms with van der Waals surface area (Å²) in [5.41, 5.74) is 0.425. The van der Waals surface area contributed by atoms with Crippen molar-refractivity contribution in [2.45, 2.75) is 51.2 Å². The molecule has 1 aliphatic carbocycles. The number of rotatable bonds is 6. The maximum absolute atomic E-state index is 6.07. The normalized spacial score (nSPS) is 27.8. The lowest BCUT2D eigenvalue weighted by molar-refractivity contribution is 0.0574. The van der Waals surface area contributed by atoms with Crippen molar-refractivity contribution >= 4 is 8.80 Å². The first-order valence-electron chi connectivity index (χ1n) is 6.50. The minimum absolute atomic E-state index is 0.0179. The Labute approximate surface area is 107 Å². The van der Waals surface area contributed by atoms with Crippen LogP contribution in [0.4, 0.5) is 0 Å². The molecule has 0 aromatic carbocycles. The molecular formula is C13H26O3Si. The molecule has 0 saturated heterocycles. The van der Waals surface area contributed by atoms with E-state index in [1.54, 1.807) is 20.3 Å². The van der Waals surface area contributed by atoms with Gasteiger partial charge in [-0.2, -0.15) is 0 Å². The van der Waals surface area contributed by atoms with E-state index in [1.807, 2.05) is 6.92 Å². The lowest BCUT2D eigenvalue weighted by atomic mass is 9.90. The second-order valence-corrected chi connectivity index (χ2v) is 7.94. The van der Waals surface area contributed by atoms with Crippen LogP contribution in [0.3, 0.4) is 0 Å². The van der Waals surface area contributed by atoms with Crippen molar-refractivity contribution in [1.82, 2.24) is 0 Å². The summed E-state index contributed by atoms with van der Waals surface area (Å²) in [6.45, 7) is 8.03. The summed E-state index contributed by atoms with van der Waals surface area (Å²) in [5.74, 6) is 0.618. The van der Waals surface area contributed by atoms with Crippen LogP contribution in [-0.4, -0.2) is 29.1 Å². The predicted octanol–water partition coefficient (Wildman–Crippen LogP) is 3.39. The molecule has 3 unspecified atom stereocenters. The Balaban J connectivity index is 2.84. The second-order valence-electron chi connectivity index (χ2n) is 4.94. The van der Waals surface area contributed by atoms with Crippen LogP contribution in [0.5, 0.6) is 0 Å². The molecule has 1 fully saturated rings. The van der Waals surface area contributed by atoms with E-state index in [-0.39, 0.29) is 6.10 Å². The standard InChI is InChI=1S/C13H26O3Si/c1-6-12(3)16-17(14-4,15-5)13-10-8-7-9-11(13)2/h6,11-13H,1,7-10H2,2-5H3. The molecule has 0 N–H and O–H groups in total. The third kappa shape index (κ3) is 3.41. The van der Waals surface area contributed by atoms with E-state index in [9.17, 15) is 0 Å². The SMILES string of the molecule is C=CC(C)O[Si](OC)(OC)C1CCCCC1C. The van der Waals surface area contributed by atoms with Crippen LogP contribution in [0.15, 0.2) is 12.7 Å². The van der Waals surface area contributed by atoms with E-state index in [1.165, 1.54) is 19.3 Å². The third-order valence-corrected chi connectivity index (χ3v) is 7.42. The van der Waals surface area contributed by atoms with Gasteiger partial charge in [0.15, 0.2) is 0 Å². The molecule has 0 aromatic heterocycles. The van der Waals surface area contributed by atoms with Gasteiger partial charge in [-0.25, -0.2) is 0 Å². The van der Waals surface area contributed by atoms with Gasteiger partial charge in [-0.05, 0) is 19.3 Å². The lowest BCUT2D eigenvalue weighted by Gasteiger charge is -2.40. The van der Waals surface area contributed by atoms with E-state index in [2.05, 4.69) is 13.5 Å². The van der Waals surface area contributed by atoms with Crippen molar-refractivity contribution in [3.63, 3.8) is 0 Å². The van der Waals surface area contributed by atoms with Crippen LogP contribution in [-0.2, 0) is 13.3 Å². The molecular weight excluding hydrogens is 232 g/mol. The van der Waals surface area contributed by atoms with E-state index < -0.39 is 8.80 Å². The fraction of sp³-hybridized carbons (Fsp3) is 0.846. The topological polar surface area (TPSA) is 27.7 Å².